The Morgan fingerprint density at radius 1 is 1.12 bits per heavy atom. The Morgan fingerprint density at radius 3 is 2.73 bits per heavy atom. The number of amides is 1. The first-order valence-corrected chi connectivity index (χ1v) is 8.48. The van der Waals surface area contributed by atoms with E-state index < -0.39 is 0 Å². The molecule has 0 radical (unpaired) electrons. The van der Waals surface area contributed by atoms with Gasteiger partial charge in [0.1, 0.15) is 12.1 Å². The fraction of sp³-hybridized carbons (Fsp3) is 0.105. The molecule has 0 aliphatic rings. The number of carbonyl (C=O) groups is 1. The monoisotopic (exact) mass is 366 g/mol. The topological polar surface area (TPSA) is 79.8 Å². The normalized spacial score (nSPS) is 11.1. The molecular weight excluding hydrogens is 352 g/mol. The first-order chi connectivity index (χ1) is 12.6. The highest BCUT2D eigenvalue weighted by atomic mass is 35.5. The average molecular weight is 367 g/mol. The zero-order valence-corrected chi connectivity index (χ0v) is 14.5. The number of hydrogen-bond acceptors (Lipinski definition) is 3. The Hall–Kier alpha value is -3.12. The Kier molecular flexibility index (Phi) is 4.18. The molecular formula is C19H15ClN4O2. The molecule has 0 atom stereocenters. The minimum atomic E-state index is -0.327. The smallest absolute Gasteiger partial charge is 0.291 e. The molecule has 0 fully saturated rings. The summed E-state index contributed by atoms with van der Waals surface area (Å²) in [7, 11) is 0. The number of para-hydroxylation sites is 1. The second kappa shape index (κ2) is 6.65. The Balaban J connectivity index is 1.56. The number of fused-ring (bicyclic) bond motifs is 3. The predicted octanol–water partition coefficient (Wildman–Crippen LogP) is 2.85. The van der Waals surface area contributed by atoms with Crippen molar-refractivity contribution in [3.8, 4) is 0 Å². The summed E-state index contributed by atoms with van der Waals surface area (Å²) in [6, 6.07) is 14.9. The SMILES string of the molecule is O=C(Cn1ncc2c([nH]c3ccccc32)c1=O)NCc1ccccc1Cl. The molecule has 2 N–H and O–H groups in total. The van der Waals surface area contributed by atoms with Crippen LogP contribution in [0.1, 0.15) is 5.56 Å². The van der Waals surface area contributed by atoms with Gasteiger partial charge in [-0.05, 0) is 17.7 Å². The highest BCUT2D eigenvalue weighted by molar-refractivity contribution is 6.31. The van der Waals surface area contributed by atoms with Crippen LogP contribution in [0.3, 0.4) is 0 Å². The van der Waals surface area contributed by atoms with Crippen molar-refractivity contribution in [3.63, 3.8) is 0 Å². The highest BCUT2D eigenvalue weighted by Gasteiger charge is 2.12. The predicted molar refractivity (Wildman–Crippen MR) is 101 cm³/mol. The number of H-pyrrole nitrogens is 1. The van der Waals surface area contributed by atoms with Crippen LogP contribution in [0.25, 0.3) is 21.8 Å². The lowest BCUT2D eigenvalue weighted by Gasteiger charge is -2.08. The van der Waals surface area contributed by atoms with E-state index in [1.165, 1.54) is 0 Å². The Morgan fingerprint density at radius 2 is 1.88 bits per heavy atom. The van der Waals surface area contributed by atoms with Crippen molar-refractivity contribution in [2.45, 2.75) is 13.1 Å². The van der Waals surface area contributed by atoms with Gasteiger partial charge in [-0.3, -0.25) is 9.59 Å². The maximum absolute atomic E-state index is 12.6. The molecule has 1 amide bonds. The van der Waals surface area contributed by atoms with Crippen molar-refractivity contribution in [2.75, 3.05) is 0 Å². The summed E-state index contributed by atoms with van der Waals surface area (Å²) in [6.45, 7) is 0.135. The van der Waals surface area contributed by atoms with E-state index in [2.05, 4.69) is 15.4 Å². The maximum atomic E-state index is 12.6. The zero-order valence-electron chi connectivity index (χ0n) is 13.7. The maximum Gasteiger partial charge on any atom is 0.291 e. The zero-order chi connectivity index (χ0) is 18.1. The molecule has 0 saturated heterocycles. The number of aromatic nitrogens is 3. The summed E-state index contributed by atoms with van der Waals surface area (Å²) in [5.41, 5.74) is 1.79. The summed E-state index contributed by atoms with van der Waals surface area (Å²) in [6.07, 6.45) is 1.61. The third-order valence-electron chi connectivity index (χ3n) is 4.25. The standard InChI is InChI=1S/C19H15ClN4O2/c20-15-7-3-1-5-12(15)9-21-17(25)11-24-19(26)18-14(10-22-24)13-6-2-4-8-16(13)23-18/h1-8,10,23H,9,11H2,(H,21,25). The van der Waals surface area contributed by atoms with E-state index in [1.807, 2.05) is 42.5 Å². The van der Waals surface area contributed by atoms with E-state index >= 15 is 0 Å². The Labute approximate surface area is 153 Å². The van der Waals surface area contributed by atoms with Crippen LogP contribution in [0.5, 0.6) is 0 Å². The molecule has 0 bridgehead atoms. The van der Waals surface area contributed by atoms with Gasteiger partial charge in [0.05, 0.1) is 6.20 Å². The lowest BCUT2D eigenvalue weighted by atomic mass is 10.2. The third-order valence-corrected chi connectivity index (χ3v) is 4.62. The van der Waals surface area contributed by atoms with Crippen molar-refractivity contribution < 1.29 is 4.79 Å². The summed E-state index contributed by atoms with van der Waals surface area (Å²) in [4.78, 5) is 27.9. The van der Waals surface area contributed by atoms with E-state index in [-0.39, 0.29) is 18.0 Å². The quantitative estimate of drug-likeness (QED) is 0.583. The van der Waals surface area contributed by atoms with Crippen LogP contribution in [-0.4, -0.2) is 20.7 Å². The molecule has 0 aliphatic carbocycles. The lowest BCUT2D eigenvalue weighted by molar-refractivity contribution is -0.122. The summed E-state index contributed by atoms with van der Waals surface area (Å²) in [5.74, 6) is -0.310. The van der Waals surface area contributed by atoms with Crippen LogP contribution in [0.2, 0.25) is 5.02 Å². The van der Waals surface area contributed by atoms with Crippen molar-refractivity contribution in [2.24, 2.45) is 0 Å². The van der Waals surface area contributed by atoms with Gasteiger partial charge in [0.15, 0.2) is 0 Å². The molecule has 0 saturated carbocycles. The van der Waals surface area contributed by atoms with Gasteiger partial charge in [0, 0.05) is 27.9 Å². The summed E-state index contributed by atoms with van der Waals surface area (Å²) >= 11 is 6.07. The van der Waals surface area contributed by atoms with Gasteiger partial charge in [0.25, 0.3) is 5.56 Å². The van der Waals surface area contributed by atoms with Crippen molar-refractivity contribution >= 4 is 39.3 Å². The van der Waals surface area contributed by atoms with Crippen LogP contribution < -0.4 is 10.9 Å². The van der Waals surface area contributed by atoms with Crippen LogP contribution in [-0.2, 0) is 17.9 Å². The summed E-state index contributed by atoms with van der Waals surface area (Å²) < 4.78 is 1.15. The van der Waals surface area contributed by atoms with E-state index in [4.69, 9.17) is 11.6 Å². The van der Waals surface area contributed by atoms with Gasteiger partial charge in [0.2, 0.25) is 5.91 Å². The Bertz CT molecular complexity index is 1180. The fourth-order valence-electron chi connectivity index (χ4n) is 2.92. The molecule has 2 aromatic heterocycles. The molecule has 6 nitrogen and oxygen atoms in total. The third kappa shape index (κ3) is 2.95. The highest BCUT2D eigenvalue weighted by Crippen LogP contribution is 2.21. The molecule has 7 heteroatoms. The van der Waals surface area contributed by atoms with Gasteiger partial charge in [-0.25, -0.2) is 4.68 Å². The largest absolute Gasteiger partial charge is 0.350 e. The molecule has 0 unspecified atom stereocenters. The fourth-order valence-corrected chi connectivity index (χ4v) is 3.12. The molecule has 0 spiro atoms. The molecule has 4 aromatic rings. The molecule has 0 aliphatic heterocycles. The number of hydrogen-bond donors (Lipinski definition) is 2. The molecule has 26 heavy (non-hydrogen) atoms. The van der Waals surface area contributed by atoms with Gasteiger partial charge in [-0.1, -0.05) is 48.0 Å². The van der Waals surface area contributed by atoms with Crippen molar-refractivity contribution in [3.05, 3.63) is 75.7 Å². The number of carbonyl (C=O) groups excluding carboxylic acids is 1. The van der Waals surface area contributed by atoms with E-state index in [1.54, 1.807) is 12.3 Å². The number of aromatic amines is 1. The number of nitrogens with zero attached hydrogens (tertiary/aromatic N) is 2. The molecule has 4 rings (SSSR count). The number of nitrogens with one attached hydrogen (secondary N) is 2. The number of halogens is 1. The van der Waals surface area contributed by atoms with Gasteiger partial charge in [-0.2, -0.15) is 5.10 Å². The minimum Gasteiger partial charge on any atom is -0.350 e. The number of benzene rings is 2. The molecule has 2 heterocycles. The van der Waals surface area contributed by atoms with E-state index in [0.29, 0.717) is 17.1 Å². The molecule has 130 valence electrons. The van der Waals surface area contributed by atoms with Gasteiger partial charge < -0.3 is 10.3 Å². The van der Waals surface area contributed by atoms with Crippen LogP contribution >= 0.6 is 11.6 Å². The van der Waals surface area contributed by atoms with Crippen molar-refractivity contribution in [1.82, 2.24) is 20.1 Å². The lowest BCUT2D eigenvalue weighted by Crippen LogP contribution is -2.33. The second-order valence-electron chi connectivity index (χ2n) is 5.93. The molecule has 2 aromatic carbocycles. The number of rotatable bonds is 4. The van der Waals surface area contributed by atoms with Crippen LogP contribution in [0.15, 0.2) is 59.5 Å². The summed E-state index contributed by atoms with van der Waals surface area (Å²) in [5, 5.41) is 9.16. The average Bonchev–Trinajstić information content (AvgIpc) is 3.03. The van der Waals surface area contributed by atoms with Gasteiger partial charge in [-0.15, -0.1) is 0 Å². The van der Waals surface area contributed by atoms with E-state index in [0.717, 1.165) is 26.5 Å². The van der Waals surface area contributed by atoms with Crippen molar-refractivity contribution in [1.29, 1.82) is 0 Å². The van der Waals surface area contributed by atoms with Crippen LogP contribution in [0, 0.1) is 0 Å². The van der Waals surface area contributed by atoms with E-state index in [9.17, 15) is 9.59 Å². The second-order valence-corrected chi connectivity index (χ2v) is 6.34. The first kappa shape index (κ1) is 16.4. The minimum absolute atomic E-state index is 0.158. The van der Waals surface area contributed by atoms with Gasteiger partial charge >= 0.3 is 0 Å². The van der Waals surface area contributed by atoms with Crippen LogP contribution in [0.4, 0.5) is 0 Å². The first-order valence-electron chi connectivity index (χ1n) is 8.10.